The zero-order valence-corrected chi connectivity index (χ0v) is 8.60. The molecule has 0 saturated heterocycles. The van der Waals surface area contributed by atoms with E-state index in [2.05, 4.69) is 15.3 Å². The van der Waals surface area contributed by atoms with Gasteiger partial charge in [0.1, 0.15) is 0 Å². The normalized spacial score (nSPS) is 10.1. The van der Waals surface area contributed by atoms with Crippen molar-refractivity contribution < 1.29 is 0 Å². The molecular weight excluding hydrogens is 204 g/mol. The van der Waals surface area contributed by atoms with Crippen LogP contribution in [-0.2, 0) is 6.54 Å². The first-order chi connectivity index (χ1) is 7.79. The van der Waals surface area contributed by atoms with Crippen LogP contribution in [0.25, 0.3) is 0 Å². The van der Waals surface area contributed by atoms with Crippen molar-refractivity contribution in [3.8, 4) is 0 Å². The average Bonchev–Trinajstić information content (AvgIpc) is 2.33. The molecule has 4 N–H and O–H groups in total. The Kier molecular flexibility index (Phi) is 2.98. The van der Waals surface area contributed by atoms with Gasteiger partial charge in [0.2, 0.25) is 0 Å². The van der Waals surface area contributed by atoms with Crippen LogP contribution in [0.2, 0.25) is 0 Å². The number of benzene rings is 1. The van der Waals surface area contributed by atoms with Gasteiger partial charge in [-0.1, -0.05) is 18.2 Å². The van der Waals surface area contributed by atoms with Gasteiger partial charge >= 0.3 is 5.69 Å². The van der Waals surface area contributed by atoms with Crippen molar-refractivity contribution in [2.75, 3.05) is 5.32 Å². The minimum atomic E-state index is -0.363. The largest absolute Gasteiger partial charge is 0.353 e. The lowest BCUT2D eigenvalue weighted by atomic mass is 10.2. The number of hydrogen-bond donors (Lipinski definition) is 3. The Hall–Kier alpha value is -2.14. The number of para-hydroxylation sites is 1. The first-order valence-electron chi connectivity index (χ1n) is 4.89. The van der Waals surface area contributed by atoms with Crippen molar-refractivity contribution in [2.24, 2.45) is 5.73 Å². The summed E-state index contributed by atoms with van der Waals surface area (Å²) in [5.41, 5.74) is 7.90. The van der Waals surface area contributed by atoms with Crippen LogP contribution in [0.3, 0.4) is 0 Å². The molecule has 2 aromatic rings. The fourth-order valence-corrected chi connectivity index (χ4v) is 1.39. The number of H-pyrrole nitrogens is 1. The molecule has 16 heavy (non-hydrogen) atoms. The topological polar surface area (TPSA) is 83.8 Å². The lowest BCUT2D eigenvalue weighted by molar-refractivity contribution is 1.06. The monoisotopic (exact) mass is 216 g/mol. The Morgan fingerprint density at radius 3 is 2.88 bits per heavy atom. The van der Waals surface area contributed by atoms with Gasteiger partial charge in [-0.05, 0) is 11.6 Å². The molecule has 0 radical (unpaired) electrons. The smallest absolute Gasteiger partial charge is 0.345 e. The molecule has 5 nitrogen and oxygen atoms in total. The Labute approximate surface area is 92.3 Å². The summed E-state index contributed by atoms with van der Waals surface area (Å²) >= 11 is 0. The maximum absolute atomic E-state index is 10.8. The standard InChI is InChI=1S/C11H12N4O/c12-5-8-3-1-2-4-10(8)15-9-6-13-11(16)14-7-9/h1-4,6-7,15H,5,12H2,(H,13,14,16). The molecule has 0 aliphatic carbocycles. The van der Waals surface area contributed by atoms with E-state index in [0.29, 0.717) is 6.54 Å². The zero-order valence-electron chi connectivity index (χ0n) is 8.60. The van der Waals surface area contributed by atoms with Crippen molar-refractivity contribution in [2.45, 2.75) is 6.54 Å². The second-order valence-corrected chi connectivity index (χ2v) is 3.29. The molecule has 1 aromatic heterocycles. The van der Waals surface area contributed by atoms with E-state index in [1.807, 2.05) is 24.3 Å². The van der Waals surface area contributed by atoms with Crippen LogP contribution in [0, 0.1) is 0 Å². The Morgan fingerprint density at radius 2 is 2.19 bits per heavy atom. The summed E-state index contributed by atoms with van der Waals surface area (Å²) in [6.07, 6.45) is 3.05. The van der Waals surface area contributed by atoms with Crippen LogP contribution in [0.1, 0.15) is 5.56 Å². The van der Waals surface area contributed by atoms with Gasteiger partial charge in [-0.2, -0.15) is 4.98 Å². The lowest BCUT2D eigenvalue weighted by Crippen LogP contribution is -2.09. The van der Waals surface area contributed by atoms with Crippen molar-refractivity contribution in [1.29, 1.82) is 0 Å². The summed E-state index contributed by atoms with van der Waals surface area (Å²) < 4.78 is 0. The zero-order chi connectivity index (χ0) is 11.4. The maximum Gasteiger partial charge on any atom is 0.345 e. The molecule has 0 amide bonds. The third kappa shape index (κ3) is 2.26. The van der Waals surface area contributed by atoms with Crippen LogP contribution in [-0.4, -0.2) is 9.97 Å². The molecule has 0 bridgehead atoms. The SMILES string of the molecule is NCc1ccccc1Nc1cnc(=O)[nH]c1. The van der Waals surface area contributed by atoms with Gasteiger partial charge in [0, 0.05) is 18.4 Å². The van der Waals surface area contributed by atoms with E-state index in [4.69, 9.17) is 5.73 Å². The predicted molar refractivity (Wildman–Crippen MR) is 62.5 cm³/mol. The summed E-state index contributed by atoms with van der Waals surface area (Å²) in [4.78, 5) is 16.9. The van der Waals surface area contributed by atoms with E-state index in [0.717, 1.165) is 16.9 Å². The molecule has 0 spiro atoms. The van der Waals surface area contributed by atoms with Gasteiger partial charge in [0.05, 0.1) is 11.9 Å². The highest BCUT2D eigenvalue weighted by molar-refractivity contribution is 5.61. The van der Waals surface area contributed by atoms with E-state index < -0.39 is 0 Å². The third-order valence-electron chi connectivity index (χ3n) is 2.19. The van der Waals surface area contributed by atoms with Crippen molar-refractivity contribution in [3.05, 3.63) is 52.7 Å². The molecule has 0 aliphatic rings. The molecule has 0 atom stereocenters. The number of nitrogens with one attached hydrogen (secondary N) is 2. The second kappa shape index (κ2) is 4.59. The van der Waals surface area contributed by atoms with E-state index in [9.17, 15) is 4.79 Å². The van der Waals surface area contributed by atoms with Crippen LogP contribution in [0.4, 0.5) is 11.4 Å². The third-order valence-corrected chi connectivity index (χ3v) is 2.19. The van der Waals surface area contributed by atoms with E-state index >= 15 is 0 Å². The first-order valence-corrected chi connectivity index (χ1v) is 4.89. The number of aromatic nitrogens is 2. The Bertz CT molecular complexity index is 515. The van der Waals surface area contributed by atoms with Crippen LogP contribution >= 0.6 is 0 Å². The van der Waals surface area contributed by atoms with Gasteiger partial charge in [0.25, 0.3) is 0 Å². The molecule has 0 fully saturated rings. The lowest BCUT2D eigenvalue weighted by Gasteiger charge is -2.09. The number of nitrogens with two attached hydrogens (primary N) is 1. The fourth-order valence-electron chi connectivity index (χ4n) is 1.39. The summed E-state index contributed by atoms with van der Waals surface area (Å²) in [6, 6.07) is 7.72. The van der Waals surface area contributed by atoms with E-state index in [1.54, 1.807) is 6.20 Å². The number of aromatic amines is 1. The molecule has 0 saturated carbocycles. The molecular formula is C11H12N4O. The number of hydrogen-bond acceptors (Lipinski definition) is 4. The van der Waals surface area contributed by atoms with Crippen LogP contribution in [0.15, 0.2) is 41.5 Å². The van der Waals surface area contributed by atoms with E-state index in [-0.39, 0.29) is 5.69 Å². The average molecular weight is 216 g/mol. The first kappa shape index (κ1) is 10.4. The van der Waals surface area contributed by atoms with Gasteiger partial charge < -0.3 is 16.0 Å². The van der Waals surface area contributed by atoms with Gasteiger partial charge in [-0.15, -0.1) is 0 Å². The van der Waals surface area contributed by atoms with Gasteiger partial charge in [-0.25, -0.2) is 4.79 Å². The highest BCUT2D eigenvalue weighted by Crippen LogP contribution is 2.18. The molecule has 82 valence electrons. The summed E-state index contributed by atoms with van der Waals surface area (Å²) in [5, 5.41) is 3.14. The van der Waals surface area contributed by atoms with Crippen LogP contribution in [0.5, 0.6) is 0 Å². The maximum atomic E-state index is 10.8. The highest BCUT2D eigenvalue weighted by atomic mass is 16.1. The van der Waals surface area contributed by atoms with Crippen LogP contribution < -0.4 is 16.7 Å². The fraction of sp³-hybridized carbons (Fsp3) is 0.0909. The summed E-state index contributed by atoms with van der Waals surface area (Å²) in [7, 11) is 0. The van der Waals surface area contributed by atoms with Gasteiger partial charge in [-0.3, -0.25) is 0 Å². The molecule has 1 heterocycles. The predicted octanol–water partition coefficient (Wildman–Crippen LogP) is 0.972. The van der Waals surface area contributed by atoms with Crippen molar-refractivity contribution in [1.82, 2.24) is 9.97 Å². The van der Waals surface area contributed by atoms with Gasteiger partial charge in [0.15, 0.2) is 0 Å². The summed E-state index contributed by atoms with van der Waals surface area (Å²) in [6.45, 7) is 0.458. The Morgan fingerprint density at radius 1 is 1.38 bits per heavy atom. The van der Waals surface area contributed by atoms with E-state index in [1.165, 1.54) is 6.20 Å². The highest BCUT2D eigenvalue weighted by Gasteiger charge is 2.00. The molecule has 0 unspecified atom stereocenters. The second-order valence-electron chi connectivity index (χ2n) is 3.29. The summed E-state index contributed by atoms with van der Waals surface area (Å²) in [5.74, 6) is 0. The molecule has 2 rings (SSSR count). The molecule has 1 aromatic carbocycles. The molecule has 5 heteroatoms. The van der Waals surface area contributed by atoms with Crippen molar-refractivity contribution in [3.63, 3.8) is 0 Å². The van der Waals surface area contributed by atoms with Crippen molar-refractivity contribution >= 4 is 11.4 Å². The quantitative estimate of drug-likeness (QED) is 0.713. The number of rotatable bonds is 3. The Balaban J connectivity index is 2.26. The minimum absolute atomic E-state index is 0.363. The molecule has 0 aliphatic heterocycles. The minimum Gasteiger partial charge on any atom is -0.353 e. The number of nitrogens with zero attached hydrogens (tertiary/aromatic N) is 1. The number of anilines is 2.